The van der Waals surface area contributed by atoms with Gasteiger partial charge in [0.1, 0.15) is 5.69 Å². The highest BCUT2D eigenvalue weighted by molar-refractivity contribution is 5.69. The zero-order valence-corrected chi connectivity index (χ0v) is 10.1. The van der Waals surface area contributed by atoms with Crippen LogP contribution in [0.4, 0.5) is 17.1 Å². The molecule has 6 heteroatoms. The van der Waals surface area contributed by atoms with E-state index in [1.807, 2.05) is 0 Å². The third kappa shape index (κ3) is 2.70. The van der Waals surface area contributed by atoms with Crippen LogP contribution in [0.5, 0.6) is 0 Å². The Kier molecular flexibility index (Phi) is 3.99. The Morgan fingerprint density at radius 3 is 2.72 bits per heavy atom. The van der Waals surface area contributed by atoms with Crippen molar-refractivity contribution in [2.24, 2.45) is 0 Å². The SMILES string of the molecule is O=[N+]([O-])c1ccc(N2CCCC2)cc1NCCO. The van der Waals surface area contributed by atoms with Gasteiger partial charge in [-0.1, -0.05) is 0 Å². The van der Waals surface area contributed by atoms with E-state index in [4.69, 9.17) is 5.11 Å². The van der Waals surface area contributed by atoms with Crippen molar-refractivity contribution in [1.29, 1.82) is 0 Å². The highest BCUT2D eigenvalue weighted by Crippen LogP contribution is 2.30. The van der Waals surface area contributed by atoms with Crippen molar-refractivity contribution in [2.45, 2.75) is 12.8 Å². The zero-order valence-electron chi connectivity index (χ0n) is 10.1. The van der Waals surface area contributed by atoms with Crippen molar-refractivity contribution in [2.75, 3.05) is 36.5 Å². The van der Waals surface area contributed by atoms with Crippen LogP contribution < -0.4 is 10.2 Å². The number of nitrogens with one attached hydrogen (secondary N) is 1. The molecule has 1 aliphatic heterocycles. The average Bonchev–Trinajstić information content (AvgIpc) is 2.89. The molecule has 0 aliphatic carbocycles. The molecule has 0 unspecified atom stereocenters. The Labute approximate surface area is 105 Å². The first-order valence-electron chi connectivity index (χ1n) is 6.10. The van der Waals surface area contributed by atoms with Gasteiger partial charge in [0, 0.05) is 31.4 Å². The fraction of sp³-hybridized carbons (Fsp3) is 0.500. The summed E-state index contributed by atoms with van der Waals surface area (Å²) in [4.78, 5) is 12.7. The molecule has 1 aromatic carbocycles. The number of nitrogens with zero attached hydrogens (tertiary/aromatic N) is 2. The molecule has 18 heavy (non-hydrogen) atoms. The van der Waals surface area contributed by atoms with Crippen LogP contribution in [0.15, 0.2) is 18.2 Å². The summed E-state index contributed by atoms with van der Waals surface area (Å²) in [5, 5.41) is 22.6. The lowest BCUT2D eigenvalue weighted by Crippen LogP contribution is -2.18. The van der Waals surface area contributed by atoms with E-state index in [2.05, 4.69) is 10.2 Å². The van der Waals surface area contributed by atoms with Crippen molar-refractivity contribution in [3.8, 4) is 0 Å². The van der Waals surface area contributed by atoms with Gasteiger partial charge >= 0.3 is 0 Å². The van der Waals surface area contributed by atoms with Gasteiger partial charge in [-0.05, 0) is 25.0 Å². The molecule has 6 nitrogen and oxygen atoms in total. The molecule has 2 N–H and O–H groups in total. The van der Waals surface area contributed by atoms with Gasteiger partial charge in [0.25, 0.3) is 5.69 Å². The first-order chi connectivity index (χ1) is 8.72. The number of aliphatic hydroxyl groups excluding tert-OH is 1. The van der Waals surface area contributed by atoms with Gasteiger partial charge in [-0.2, -0.15) is 0 Å². The predicted molar refractivity (Wildman–Crippen MR) is 70.1 cm³/mol. The maximum Gasteiger partial charge on any atom is 0.292 e. The summed E-state index contributed by atoms with van der Waals surface area (Å²) in [6.45, 7) is 2.25. The third-order valence-electron chi connectivity index (χ3n) is 3.08. The van der Waals surface area contributed by atoms with E-state index >= 15 is 0 Å². The molecule has 0 amide bonds. The second-order valence-electron chi connectivity index (χ2n) is 4.30. The Balaban J connectivity index is 2.25. The molecular weight excluding hydrogens is 234 g/mol. The molecule has 98 valence electrons. The topological polar surface area (TPSA) is 78.6 Å². The van der Waals surface area contributed by atoms with Crippen LogP contribution in [0, 0.1) is 10.1 Å². The number of hydrogen-bond donors (Lipinski definition) is 2. The van der Waals surface area contributed by atoms with Crippen LogP contribution in [0.1, 0.15) is 12.8 Å². The van der Waals surface area contributed by atoms with E-state index in [9.17, 15) is 10.1 Å². The summed E-state index contributed by atoms with van der Waals surface area (Å²) >= 11 is 0. The van der Waals surface area contributed by atoms with Crippen LogP contribution in [0.3, 0.4) is 0 Å². The van der Waals surface area contributed by atoms with Gasteiger partial charge in [-0.25, -0.2) is 0 Å². The lowest BCUT2D eigenvalue weighted by atomic mass is 10.2. The summed E-state index contributed by atoms with van der Waals surface area (Å²) in [7, 11) is 0. The highest BCUT2D eigenvalue weighted by Gasteiger charge is 2.18. The van der Waals surface area contributed by atoms with Gasteiger partial charge < -0.3 is 15.3 Å². The van der Waals surface area contributed by atoms with Gasteiger partial charge in [0.05, 0.1) is 11.5 Å². The van der Waals surface area contributed by atoms with Crippen molar-refractivity contribution in [1.82, 2.24) is 0 Å². The maximum atomic E-state index is 10.9. The third-order valence-corrected chi connectivity index (χ3v) is 3.08. The molecule has 0 atom stereocenters. The second-order valence-corrected chi connectivity index (χ2v) is 4.30. The van der Waals surface area contributed by atoms with E-state index in [0.717, 1.165) is 31.6 Å². The number of benzene rings is 1. The Hall–Kier alpha value is -1.82. The van der Waals surface area contributed by atoms with Crippen molar-refractivity contribution < 1.29 is 10.0 Å². The van der Waals surface area contributed by atoms with Crippen LogP contribution in [0.2, 0.25) is 0 Å². The molecular formula is C12H17N3O3. The summed E-state index contributed by atoms with van der Waals surface area (Å²) in [5.41, 5.74) is 1.52. The molecule has 1 aliphatic rings. The second kappa shape index (κ2) is 5.68. The highest BCUT2D eigenvalue weighted by atomic mass is 16.6. The molecule has 1 heterocycles. The molecule has 0 spiro atoms. The van der Waals surface area contributed by atoms with Crippen molar-refractivity contribution >= 4 is 17.1 Å². The molecule has 2 rings (SSSR count). The minimum atomic E-state index is -0.409. The Morgan fingerprint density at radius 1 is 1.39 bits per heavy atom. The normalized spacial score (nSPS) is 14.8. The van der Waals surface area contributed by atoms with E-state index < -0.39 is 4.92 Å². The Morgan fingerprint density at radius 2 is 2.11 bits per heavy atom. The molecule has 0 saturated carbocycles. The lowest BCUT2D eigenvalue weighted by molar-refractivity contribution is -0.383. The fourth-order valence-corrected chi connectivity index (χ4v) is 2.19. The van der Waals surface area contributed by atoms with Crippen molar-refractivity contribution in [3.05, 3.63) is 28.3 Å². The minimum absolute atomic E-state index is 0.0476. The van der Waals surface area contributed by atoms with E-state index in [1.54, 1.807) is 12.1 Å². The number of aliphatic hydroxyl groups is 1. The van der Waals surface area contributed by atoms with Crippen LogP contribution in [-0.2, 0) is 0 Å². The molecule has 0 radical (unpaired) electrons. The molecule has 1 aromatic rings. The summed E-state index contributed by atoms with van der Waals surface area (Å²) < 4.78 is 0. The van der Waals surface area contributed by atoms with E-state index in [0.29, 0.717) is 12.2 Å². The van der Waals surface area contributed by atoms with Crippen LogP contribution in [0.25, 0.3) is 0 Å². The average molecular weight is 251 g/mol. The van der Waals surface area contributed by atoms with E-state index in [1.165, 1.54) is 6.07 Å². The van der Waals surface area contributed by atoms with Crippen LogP contribution >= 0.6 is 0 Å². The minimum Gasteiger partial charge on any atom is -0.395 e. The monoisotopic (exact) mass is 251 g/mol. The maximum absolute atomic E-state index is 10.9. The number of hydrogen-bond acceptors (Lipinski definition) is 5. The lowest BCUT2D eigenvalue weighted by Gasteiger charge is -2.18. The largest absolute Gasteiger partial charge is 0.395 e. The Bertz CT molecular complexity index is 431. The summed E-state index contributed by atoms with van der Waals surface area (Å²) in [6.07, 6.45) is 2.33. The number of anilines is 2. The molecule has 1 fully saturated rings. The van der Waals surface area contributed by atoms with Gasteiger partial charge in [0.15, 0.2) is 0 Å². The summed E-state index contributed by atoms with van der Waals surface area (Å²) in [5.74, 6) is 0. The molecule has 0 aromatic heterocycles. The standard InChI is InChI=1S/C12H17N3O3/c16-8-5-13-11-9-10(14-6-1-2-7-14)3-4-12(11)15(17)18/h3-4,9,13,16H,1-2,5-8H2. The predicted octanol–water partition coefficient (Wildman–Crippen LogP) is 1.60. The number of nitro groups is 1. The van der Waals surface area contributed by atoms with Crippen molar-refractivity contribution in [3.63, 3.8) is 0 Å². The smallest absolute Gasteiger partial charge is 0.292 e. The van der Waals surface area contributed by atoms with Gasteiger partial charge in [0.2, 0.25) is 0 Å². The molecule has 0 bridgehead atoms. The number of rotatable bonds is 5. The quantitative estimate of drug-likeness (QED) is 0.614. The zero-order chi connectivity index (χ0) is 13.0. The fourth-order valence-electron chi connectivity index (χ4n) is 2.19. The van der Waals surface area contributed by atoms with Crippen LogP contribution in [-0.4, -0.2) is 36.3 Å². The van der Waals surface area contributed by atoms with Gasteiger partial charge in [-0.15, -0.1) is 0 Å². The first-order valence-corrected chi connectivity index (χ1v) is 6.10. The summed E-state index contributed by atoms with van der Waals surface area (Å²) in [6, 6.07) is 5.10. The van der Waals surface area contributed by atoms with E-state index in [-0.39, 0.29) is 12.3 Å². The number of nitro benzene ring substituents is 1. The first kappa shape index (κ1) is 12.6. The van der Waals surface area contributed by atoms with Gasteiger partial charge in [-0.3, -0.25) is 10.1 Å². The molecule has 1 saturated heterocycles.